The van der Waals surface area contributed by atoms with Gasteiger partial charge < -0.3 is 19.9 Å². The Morgan fingerprint density at radius 2 is 2.10 bits per heavy atom. The maximum absolute atomic E-state index is 13.3. The SMILES string of the molecule is [2H]C([2H])([2H])C([2H])(C)C([2H])([2H])C1([2H])C([2H])([2H])N2CCc3cc(OC)c(OC)cc3C2([2H])C([2H])([2H])C1([2H])OC(=O)[C@@H](N)C(C)C. The highest BCUT2D eigenvalue weighted by atomic mass is 16.5. The molecule has 4 unspecified atom stereocenters. The molecule has 0 saturated carbocycles. The van der Waals surface area contributed by atoms with Crippen LogP contribution in [-0.4, -0.2) is 50.3 Å². The van der Waals surface area contributed by atoms with Crippen molar-refractivity contribution in [3.8, 4) is 11.5 Å². The van der Waals surface area contributed by atoms with Gasteiger partial charge in [-0.25, -0.2) is 0 Å². The van der Waals surface area contributed by atoms with Crippen LogP contribution in [0.1, 0.15) is 75.3 Å². The second-order valence-corrected chi connectivity index (χ2v) is 7.50. The highest BCUT2D eigenvalue weighted by molar-refractivity contribution is 5.76. The van der Waals surface area contributed by atoms with Gasteiger partial charge in [0.25, 0.3) is 0 Å². The fourth-order valence-corrected chi connectivity index (χ4v) is 3.23. The third-order valence-corrected chi connectivity index (χ3v) is 4.95. The Bertz CT molecular complexity index is 1270. The van der Waals surface area contributed by atoms with Gasteiger partial charge in [0, 0.05) is 46.4 Å². The predicted molar refractivity (Wildman–Crippen MR) is 118 cm³/mol. The van der Waals surface area contributed by atoms with Gasteiger partial charge in [-0.3, -0.25) is 9.69 Å². The van der Waals surface area contributed by atoms with Gasteiger partial charge in [0.2, 0.25) is 0 Å². The maximum Gasteiger partial charge on any atom is 0.323 e. The summed E-state index contributed by atoms with van der Waals surface area (Å²) in [5.41, 5.74) is 5.96. The van der Waals surface area contributed by atoms with Crippen LogP contribution < -0.4 is 15.2 Å². The number of benzene rings is 1. The minimum Gasteiger partial charge on any atom is -0.493 e. The normalized spacial score (nSPS) is 44.8. The Balaban J connectivity index is 2.53. The van der Waals surface area contributed by atoms with Gasteiger partial charge in [-0.1, -0.05) is 27.6 Å². The number of hydrogen-bond donors (Lipinski definition) is 1. The smallest absolute Gasteiger partial charge is 0.323 e. The number of fused-ring (bicyclic) bond motifs is 3. The van der Waals surface area contributed by atoms with Gasteiger partial charge in [-0.15, -0.1) is 0 Å². The lowest BCUT2D eigenvalue weighted by atomic mass is 9.79. The number of rotatable bonds is 7. The lowest BCUT2D eigenvalue weighted by Crippen LogP contribution is -2.51. The highest BCUT2D eigenvalue weighted by Crippen LogP contribution is 2.44. The number of esters is 1. The number of methoxy groups -OCH3 is 2. The number of piperidine rings is 1. The molecule has 0 aliphatic carbocycles. The van der Waals surface area contributed by atoms with Crippen molar-refractivity contribution in [1.29, 1.82) is 0 Å². The summed E-state index contributed by atoms with van der Waals surface area (Å²) in [5, 5.41) is 0. The van der Waals surface area contributed by atoms with E-state index in [1.54, 1.807) is 0 Å². The van der Waals surface area contributed by atoms with E-state index in [1.165, 1.54) is 40.2 Å². The fourth-order valence-electron chi connectivity index (χ4n) is 3.23. The number of nitrogens with zero attached hydrogens (tertiary/aromatic N) is 1. The minimum absolute atomic E-state index is 0.0136. The molecule has 1 fully saturated rings. The molecule has 0 bridgehead atoms. The lowest BCUT2D eigenvalue weighted by molar-refractivity contribution is -0.160. The van der Waals surface area contributed by atoms with Crippen LogP contribution in [0, 0.1) is 17.7 Å². The average Bonchev–Trinajstić information content (AvgIpc) is 2.89. The van der Waals surface area contributed by atoms with E-state index in [0.717, 1.165) is 0 Å². The summed E-state index contributed by atoms with van der Waals surface area (Å²) in [5.74, 6) is -9.31. The zero-order valence-corrected chi connectivity index (χ0v) is 17.9. The summed E-state index contributed by atoms with van der Waals surface area (Å²) in [6.07, 6.45) is -11.7. The molecule has 2 N–H and O–H groups in total. The van der Waals surface area contributed by atoms with Gasteiger partial charge in [0.1, 0.15) is 12.1 Å². The van der Waals surface area contributed by atoms with Crippen molar-refractivity contribution < 1.29 is 36.8 Å². The summed E-state index contributed by atoms with van der Waals surface area (Å²) in [7, 11) is 2.62. The molecule has 1 saturated heterocycles. The van der Waals surface area contributed by atoms with Crippen LogP contribution in [-0.2, 0) is 16.0 Å². The first-order chi connectivity index (χ1) is 19.2. The zero-order valence-electron chi connectivity index (χ0n) is 30.9. The molecule has 2 aliphatic rings. The molecule has 3 rings (SSSR count). The van der Waals surface area contributed by atoms with E-state index < -0.39 is 74.5 Å². The Labute approximate surface area is 199 Å². The molecule has 0 amide bonds. The molecular formula is C24H38N2O4. The number of nitrogens with two attached hydrogens (primary N) is 1. The summed E-state index contributed by atoms with van der Waals surface area (Å²) < 4.78 is 131. The maximum atomic E-state index is 13.3. The molecule has 5 atom stereocenters. The third kappa shape index (κ3) is 4.75. The molecule has 0 aromatic heterocycles. The first-order valence-electron chi connectivity index (χ1n) is 16.2. The van der Waals surface area contributed by atoms with E-state index in [0.29, 0.717) is 11.8 Å². The summed E-state index contributed by atoms with van der Waals surface area (Å²) in [6, 6.07) is -1.90. The van der Waals surface area contributed by atoms with Crippen molar-refractivity contribution in [3.63, 3.8) is 0 Å². The largest absolute Gasteiger partial charge is 0.493 e. The average molecular weight is 432 g/mol. The van der Waals surface area contributed by atoms with Crippen molar-refractivity contribution in [3.05, 3.63) is 23.3 Å². The zero-order chi connectivity index (χ0) is 33.6. The predicted octanol–water partition coefficient (Wildman–Crippen LogP) is 3.56. The van der Waals surface area contributed by atoms with Crippen LogP contribution in [0.25, 0.3) is 0 Å². The molecular weight excluding hydrogens is 380 g/mol. The van der Waals surface area contributed by atoms with Crippen molar-refractivity contribution in [2.45, 2.75) is 64.9 Å². The van der Waals surface area contributed by atoms with Gasteiger partial charge in [-0.05, 0) is 47.9 Å². The molecule has 0 radical (unpaired) electrons. The Morgan fingerprint density at radius 3 is 2.73 bits per heavy atom. The molecule has 168 valence electrons. The summed E-state index contributed by atoms with van der Waals surface area (Å²) >= 11 is 0. The van der Waals surface area contributed by atoms with E-state index in [-0.39, 0.29) is 29.0 Å². The van der Waals surface area contributed by atoms with Crippen LogP contribution in [0.4, 0.5) is 0 Å². The van der Waals surface area contributed by atoms with E-state index in [4.69, 9.17) is 28.2 Å². The van der Waals surface area contributed by atoms with Crippen LogP contribution in [0.15, 0.2) is 12.1 Å². The number of ether oxygens (including phenoxy) is 3. The Morgan fingerprint density at radius 1 is 1.40 bits per heavy atom. The molecule has 2 aliphatic heterocycles. The number of carbonyl (C=O) groups excluding carboxylic acids is 1. The number of hydrogen-bond acceptors (Lipinski definition) is 6. The first-order valence-corrected chi connectivity index (χ1v) is 9.72. The second kappa shape index (κ2) is 9.56. The van der Waals surface area contributed by atoms with Crippen LogP contribution in [0.2, 0.25) is 0 Å². The van der Waals surface area contributed by atoms with E-state index in [1.807, 2.05) is 0 Å². The summed E-state index contributed by atoms with van der Waals surface area (Å²) in [6.45, 7) is -4.09. The van der Waals surface area contributed by atoms with E-state index >= 15 is 0 Å². The van der Waals surface area contributed by atoms with Gasteiger partial charge in [0.05, 0.1) is 17.0 Å². The molecule has 1 aromatic carbocycles. The molecule has 2 heterocycles. The van der Waals surface area contributed by atoms with E-state index in [2.05, 4.69) is 0 Å². The first kappa shape index (κ1) is 11.2. The van der Waals surface area contributed by atoms with Crippen LogP contribution in [0.3, 0.4) is 0 Å². The van der Waals surface area contributed by atoms with Crippen molar-refractivity contribution in [2.75, 3.05) is 27.3 Å². The quantitative estimate of drug-likeness (QED) is 0.666. The number of carbonyl (C=O) groups is 1. The molecule has 30 heavy (non-hydrogen) atoms. The van der Waals surface area contributed by atoms with Gasteiger partial charge in [0.15, 0.2) is 11.5 Å². The van der Waals surface area contributed by atoms with Crippen LogP contribution >= 0.6 is 0 Å². The standard InChI is InChI=1S/C24H38N2O4/c1-14(2)9-17-13-26-8-7-16-10-21(28-5)22(29-6)11-18(16)19(26)12-20(17)30-24(27)23(25)15(3)4/h10-11,14-15,17,19-20,23H,7-9,12-13,25H2,1-6H3/t17?,19?,20?,23-/m0/s1/i1D3,9D2,12D2,13D2,14D,17D,19D,20D/t14?,17?,19?,20?,23-. The third-order valence-electron chi connectivity index (χ3n) is 4.95. The fraction of sp³-hybridized carbons (Fsp3) is 0.708. The minimum atomic E-state index is -4.01. The highest BCUT2D eigenvalue weighted by Gasteiger charge is 2.41. The molecule has 1 aromatic rings. The van der Waals surface area contributed by atoms with E-state index in [9.17, 15) is 14.4 Å². The Hall–Kier alpha value is -1.79. The monoisotopic (exact) mass is 431 g/mol. The van der Waals surface area contributed by atoms with Crippen molar-refractivity contribution in [1.82, 2.24) is 4.90 Å². The topological polar surface area (TPSA) is 74.0 Å². The van der Waals surface area contributed by atoms with Crippen LogP contribution in [0.5, 0.6) is 11.5 Å². The van der Waals surface area contributed by atoms with Crippen molar-refractivity contribution >= 4 is 5.97 Å². The Kier molecular flexibility index (Phi) is 3.57. The van der Waals surface area contributed by atoms with Gasteiger partial charge in [-0.2, -0.15) is 0 Å². The summed E-state index contributed by atoms with van der Waals surface area (Å²) in [4.78, 5) is 13.8. The second-order valence-electron chi connectivity index (χ2n) is 7.50. The molecule has 6 heteroatoms. The molecule has 0 spiro atoms. The van der Waals surface area contributed by atoms with Gasteiger partial charge >= 0.3 is 5.97 Å². The lowest BCUT2D eigenvalue weighted by Gasteiger charge is -2.47. The molecule has 6 nitrogen and oxygen atoms in total. The van der Waals surface area contributed by atoms with Crippen molar-refractivity contribution in [2.24, 2.45) is 23.4 Å².